The van der Waals surface area contributed by atoms with Gasteiger partial charge >= 0.3 is 5.76 Å². The molecule has 0 amide bonds. The van der Waals surface area contributed by atoms with Crippen molar-refractivity contribution in [2.75, 3.05) is 26.7 Å². The number of aryl methyl sites for hydroxylation is 2. The lowest BCUT2D eigenvalue weighted by molar-refractivity contribution is 0.216. The van der Waals surface area contributed by atoms with E-state index in [9.17, 15) is 9.90 Å². The van der Waals surface area contributed by atoms with Gasteiger partial charge in [0.1, 0.15) is 18.6 Å². The van der Waals surface area contributed by atoms with Gasteiger partial charge in [-0.1, -0.05) is 42.8 Å². The van der Waals surface area contributed by atoms with E-state index >= 15 is 0 Å². The van der Waals surface area contributed by atoms with E-state index in [1.54, 1.807) is 13.4 Å². The Labute approximate surface area is 233 Å². The Bertz CT molecular complexity index is 1460. The van der Waals surface area contributed by atoms with Crippen molar-refractivity contribution in [1.82, 2.24) is 14.5 Å². The number of benzene rings is 2. The van der Waals surface area contributed by atoms with Crippen LogP contribution in [0.5, 0.6) is 17.4 Å². The van der Waals surface area contributed by atoms with E-state index in [0.717, 1.165) is 30.8 Å². The Morgan fingerprint density at radius 1 is 1.00 bits per heavy atom. The Kier molecular flexibility index (Phi) is 9.03. The highest BCUT2D eigenvalue weighted by molar-refractivity contribution is 5.65. The van der Waals surface area contributed by atoms with Crippen molar-refractivity contribution in [2.45, 2.75) is 45.3 Å². The molecular formula is C31H35N3O6. The van der Waals surface area contributed by atoms with Crippen LogP contribution in [0.2, 0.25) is 0 Å². The third-order valence-corrected chi connectivity index (χ3v) is 7.06. The van der Waals surface area contributed by atoms with Gasteiger partial charge in [0.2, 0.25) is 11.8 Å². The molecule has 1 N–H and O–H groups in total. The average Bonchev–Trinajstić information content (AvgIpc) is 3.56. The van der Waals surface area contributed by atoms with Crippen LogP contribution < -0.4 is 15.2 Å². The summed E-state index contributed by atoms with van der Waals surface area (Å²) >= 11 is 0. The first-order valence-corrected chi connectivity index (χ1v) is 13.7. The molecule has 40 heavy (non-hydrogen) atoms. The normalized spacial score (nSPS) is 14.1. The van der Waals surface area contributed by atoms with E-state index in [-0.39, 0.29) is 12.5 Å². The molecule has 9 nitrogen and oxygen atoms in total. The highest BCUT2D eigenvalue weighted by Gasteiger charge is 2.18. The zero-order valence-electron chi connectivity index (χ0n) is 22.8. The van der Waals surface area contributed by atoms with Crippen LogP contribution in [-0.4, -0.2) is 46.3 Å². The number of hydrogen-bond donors (Lipinski definition) is 1. The molecule has 0 saturated carbocycles. The van der Waals surface area contributed by atoms with Crippen molar-refractivity contribution >= 4 is 12.2 Å². The fourth-order valence-corrected chi connectivity index (χ4v) is 4.82. The van der Waals surface area contributed by atoms with E-state index in [2.05, 4.69) is 9.88 Å². The molecule has 2 aromatic carbocycles. The number of rotatable bonds is 12. The fraction of sp³-hybridized carbons (Fsp3) is 0.355. The topological polar surface area (TPSA) is 103 Å². The van der Waals surface area contributed by atoms with Gasteiger partial charge in [-0.2, -0.15) is 0 Å². The number of oxazole rings is 2. The smallest absolute Gasteiger partial charge is 0.422 e. The molecule has 0 aliphatic carbocycles. The molecular weight excluding hydrogens is 510 g/mol. The molecule has 1 aliphatic rings. The predicted octanol–water partition coefficient (Wildman–Crippen LogP) is 5.16. The van der Waals surface area contributed by atoms with Gasteiger partial charge in [-0.25, -0.2) is 14.3 Å². The SMILES string of the molecule is COc1ccc(CCc2oc(=O)n(CCN3CCCCC3)c2O)cc1OCc1coc(C=Cc2ccccc2)n1. The predicted molar refractivity (Wildman–Crippen MR) is 152 cm³/mol. The molecule has 0 spiro atoms. The lowest BCUT2D eigenvalue weighted by Gasteiger charge is -2.26. The maximum absolute atomic E-state index is 12.4. The molecule has 1 aliphatic heterocycles. The number of nitrogens with zero attached hydrogens (tertiary/aromatic N) is 3. The minimum absolute atomic E-state index is 0.0878. The number of aromatic hydroxyl groups is 1. The third kappa shape index (κ3) is 7.04. The van der Waals surface area contributed by atoms with Gasteiger partial charge in [-0.15, -0.1) is 0 Å². The van der Waals surface area contributed by atoms with Crippen molar-refractivity contribution < 1.29 is 23.4 Å². The summed E-state index contributed by atoms with van der Waals surface area (Å²) in [7, 11) is 1.59. The summed E-state index contributed by atoms with van der Waals surface area (Å²) in [4.78, 5) is 19.2. The van der Waals surface area contributed by atoms with E-state index in [0.29, 0.717) is 48.2 Å². The van der Waals surface area contributed by atoms with Crippen LogP contribution in [0.1, 0.15) is 47.7 Å². The number of piperidine rings is 1. The Balaban J connectivity index is 1.18. The van der Waals surface area contributed by atoms with Crippen molar-refractivity contribution in [2.24, 2.45) is 0 Å². The highest BCUT2D eigenvalue weighted by atomic mass is 16.5. The Morgan fingerprint density at radius 2 is 1.82 bits per heavy atom. The number of likely N-dealkylation sites (tertiary alicyclic amines) is 1. The van der Waals surface area contributed by atoms with Crippen LogP contribution in [0.4, 0.5) is 0 Å². The Hall–Kier alpha value is -4.24. The van der Waals surface area contributed by atoms with Gasteiger partial charge in [0.15, 0.2) is 17.3 Å². The second-order valence-electron chi connectivity index (χ2n) is 9.86. The van der Waals surface area contributed by atoms with Crippen LogP contribution in [0.15, 0.2) is 68.4 Å². The molecule has 0 unspecified atom stereocenters. The molecule has 1 saturated heterocycles. The molecule has 0 bridgehead atoms. The average molecular weight is 546 g/mol. The van der Waals surface area contributed by atoms with E-state index in [1.807, 2.05) is 60.7 Å². The summed E-state index contributed by atoms with van der Waals surface area (Å²) in [6.45, 7) is 3.41. The van der Waals surface area contributed by atoms with Gasteiger partial charge in [-0.05, 0) is 61.7 Å². The minimum atomic E-state index is -0.520. The maximum Gasteiger partial charge on any atom is 0.422 e. The molecule has 0 atom stereocenters. The molecule has 1 fully saturated rings. The number of methoxy groups -OCH3 is 1. The van der Waals surface area contributed by atoms with E-state index < -0.39 is 5.76 Å². The molecule has 3 heterocycles. The summed E-state index contributed by atoms with van der Waals surface area (Å²) in [5.41, 5.74) is 2.66. The van der Waals surface area contributed by atoms with Crippen LogP contribution in [0.3, 0.4) is 0 Å². The van der Waals surface area contributed by atoms with Gasteiger partial charge in [0.05, 0.1) is 7.11 Å². The zero-order valence-corrected chi connectivity index (χ0v) is 22.8. The lowest BCUT2D eigenvalue weighted by Crippen LogP contribution is -2.33. The first-order chi connectivity index (χ1) is 19.6. The number of hydrogen-bond acceptors (Lipinski definition) is 8. The largest absolute Gasteiger partial charge is 0.493 e. The quantitative estimate of drug-likeness (QED) is 0.260. The second kappa shape index (κ2) is 13.2. The number of aromatic nitrogens is 2. The van der Waals surface area contributed by atoms with Crippen LogP contribution in [0, 0.1) is 0 Å². The summed E-state index contributed by atoms with van der Waals surface area (Å²) in [6.07, 6.45) is 9.86. The maximum atomic E-state index is 12.4. The molecule has 5 rings (SSSR count). The molecule has 210 valence electrons. The molecule has 4 aromatic rings. The van der Waals surface area contributed by atoms with Gasteiger partial charge in [0.25, 0.3) is 0 Å². The van der Waals surface area contributed by atoms with E-state index in [1.165, 1.54) is 23.8 Å². The van der Waals surface area contributed by atoms with Crippen LogP contribution >= 0.6 is 0 Å². The van der Waals surface area contributed by atoms with E-state index in [4.69, 9.17) is 18.3 Å². The monoisotopic (exact) mass is 545 g/mol. The van der Waals surface area contributed by atoms with Gasteiger partial charge in [-0.3, -0.25) is 0 Å². The third-order valence-electron chi connectivity index (χ3n) is 7.06. The van der Waals surface area contributed by atoms with Crippen molar-refractivity contribution in [3.8, 4) is 17.4 Å². The van der Waals surface area contributed by atoms with Gasteiger partial charge in [0, 0.05) is 25.6 Å². The zero-order chi connectivity index (χ0) is 27.7. The fourth-order valence-electron chi connectivity index (χ4n) is 4.82. The van der Waals surface area contributed by atoms with Crippen LogP contribution in [0.25, 0.3) is 12.2 Å². The summed E-state index contributed by atoms with van der Waals surface area (Å²) < 4.78 is 23.8. The lowest BCUT2D eigenvalue weighted by atomic mass is 10.1. The second-order valence-corrected chi connectivity index (χ2v) is 9.86. The minimum Gasteiger partial charge on any atom is -0.493 e. The highest BCUT2D eigenvalue weighted by Crippen LogP contribution is 2.30. The van der Waals surface area contributed by atoms with Crippen molar-refractivity contribution in [1.29, 1.82) is 0 Å². The Morgan fingerprint density at radius 3 is 2.62 bits per heavy atom. The standard InChI is InChI=1S/C31H35N3O6/c1-37-26-13-10-24(11-14-27-30(35)34(31(36)40-27)19-18-33-16-6-3-7-17-33)20-28(26)38-21-25-22-39-29(32-25)15-12-23-8-4-2-5-9-23/h2,4-5,8-10,12-13,15,20,22,35H,3,6-7,11,14,16-19,21H2,1H3. The summed E-state index contributed by atoms with van der Waals surface area (Å²) in [5, 5.41) is 10.7. The molecule has 0 radical (unpaired) electrons. The molecule has 9 heteroatoms. The van der Waals surface area contributed by atoms with Gasteiger partial charge < -0.3 is 28.3 Å². The first-order valence-electron chi connectivity index (χ1n) is 13.7. The van der Waals surface area contributed by atoms with Crippen molar-refractivity contribution in [3.63, 3.8) is 0 Å². The van der Waals surface area contributed by atoms with Crippen LogP contribution in [-0.2, 0) is 26.0 Å². The first kappa shape index (κ1) is 27.3. The summed E-state index contributed by atoms with van der Waals surface area (Å²) in [6, 6.07) is 15.6. The number of ether oxygens (including phenoxy) is 2. The molecule has 2 aromatic heterocycles. The van der Waals surface area contributed by atoms with Crippen molar-refractivity contribution in [3.05, 3.63) is 93.8 Å². The summed E-state index contributed by atoms with van der Waals surface area (Å²) in [5.74, 6) is 1.33.